The van der Waals surface area contributed by atoms with Crippen molar-refractivity contribution in [2.45, 2.75) is 11.8 Å². The van der Waals surface area contributed by atoms with Crippen molar-refractivity contribution in [1.82, 2.24) is 14.9 Å². The highest BCUT2D eigenvalue weighted by Gasteiger charge is 2.26. The Hall–Kier alpha value is -2.56. The largest absolute Gasteiger partial charge is 0.342 e. The Balaban J connectivity index is 1.95. The van der Waals surface area contributed by atoms with Gasteiger partial charge in [-0.15, -0.1) is 5.10 Å². The molecule has 7 nitrogen and oxygen atoms in total. The first-order chi connectivity index (χ1) is 12.4. The van der Waals surface area contributed by atoms with Crippen LogP contribution in [0.15, 0.2) is 59.5 Å². The maximum Gasteiger partial charge on any atom is 0.342 e. The summed E-state index contributed by atoms with van der Waals surface area (Å²) in [6, 6.07) is 13.9. The van der Waals surface area contributed by atoms with E-state index in [-0.39, 0.29) is 10.0 Å². The number of carbonyl (C=O) groups is 1. The van der Waals surface area contributed by atoms with Crippen LogP contribution in [0.25, 0.3) is 0 Å². The number of nitrogens with zero attached hydrogens (tertiary/aromatic N) is 2. The summed E-state index contributed by atoms with van der Waals surface area (Å²) in [5.41, 5.74) is 1.37. The molecular weight excluding hydrogens is 392 g/mol. The quantitative estimate of drug-likeness (QED) is 0.644. The van der Waals surface area contributed by atoms with E-state index in [1.54, 1.807) is 42.5 Å². The summed E-state index contributed by atoms with van der Waals surface area (Å²) >= 11 is 6.07. The molecule has 1 aromatic heterocycles. The first-order valence-electron chi connectivity index (χ1n) is 7.41. The number of aromatic nitrogens is 2. The van der Waals surface area contributed by atoms with Gasteiger partial charge in [0.15, 0.2) is 3.95 Å². The molecule has 2 amide bonds. The molecule has 0 saturated carbocycles. The zero-order valence-corrected chi connectivity index (χ0v) is 16.0. The molecule has 0 aliphatic carbocycles. The number of benzene rings is 2. The van der Waals surface area contributed by atoms with Crippen molar-refractivity contribution in [2.75, 3.05) is 4.90 Å². The van der Waals surface area contributed by atoms with Gasteiger partial charge in [-0.25, -0.2) is 22.8 Å². The first-order valence-corrected chi connectivity index (χ1v) is 10.1. The predicted octanol–water partition coefficient (Wildman–Crippen LogP) is 3.75. The van der Waals surface area contributed by atoms with E-state index in [4.69, 9.17) is 12.2 Å². The van der Waals surface area contributed by atoms with Crippen LogP contribution in [0.3, 0.4) is 0 Å². The van der Waals surface area contributed by atoms with Crippen molar-refractivity contribution in [1.29, 1.82) is 0 Å². The number of aromatic amines is 1. The summed E-state index contributed by atoms with van der Waals surface area (Å²) in [7, 11) is -4.03. The van der Waals surface area contributed by atoms with Crippen LogP contribution in [0.1, 0.15) is 5.56 Å². The molecule has 1 heterocycles. The topological polar surface area (TPSA) is 95.2 Å². The fourth-order valence-electron chi connectivity index (χ4n) is 2.15. The van der Waals surface area contributed by atoms with Crippen molar-refractivity contribution in [3.63, 3.8) is 0 Å². The standard InChI is InChI=1S/C16H14N4O3S3/c1-11-7-9-13(10-8-11)26(22,23)19-14(21)20(12-5-3-2-4-6-12)15-17-18-16(24)25-15/h2-10H,1H3,(H,18,24)(H,19,21). The van der Waals surface area contributed by atoms with Gasteiger partial charge >= 0.3 is 6.03 Å². The zero-order chi connectivity index (χ0) is 18.7. The molecular formula is C16H14N4O3S3. The molecule has 0 atom stereocenters. The van der Waals surface area contributed by atoms with Crippen LogP contribution < -0.4 is 9.62 Å². The summed E-state index contributed by atoms with van der Waals surface area (Å²) in [5, 5.41) is 6.81. The number of nitrogens with one attached hydrogen (secondary N) is 2. The van der Waals surface area contributed by atoms with Gasteiger partial charge in [0.1, 0.15) is 0 Å². The highest BCUT2D eigenvalue weighted by molar-refractivity contribution is 7.90. The molecule has 0 radical (unpaired) electrons. The molecule has 134 valence electrons. The molecule has 0 bridgehead atoms. The predicted molar refractivity (Wildman–Crippen MR) is 103 cm³/mol. The van der Waals surface area contributed by atoms with E-state index in [1.165, 1.54) is 12.1 Å². The number of sulfonamides is 1. The van der Waals surface area contributed by atoms with Gasteiger partial charge in [0.25, 0.3) is 10.0 Å². The van der Waals surface area contributed by atoms with Gasteiger partial charge in [0.2, 0.25) is 5.13 Å². The first kappa shape index (κ1) is 18.2. The molecule has 2 N–H and O–H groups in total. The van der Waals surface area contributed by atoms with Crippen LogP contribution in [0.4, 0.5) is 15.6 Å². The van der Waals surface area contributed by atoms with Crippen molar-refractivity contribution in [2.24, 2.45) is 0 Å². The maximum atomic E-state index is 12.8. The Kier molecular flexibility index (Phi) is 5.16. The molecule has 0 fully saturated rings. The van der Waals surface area contributed by atoms with E-state index >= 15 is 0 Å². The minimum absolute atomic E-state index is 0.000814. The van der Waals surface area contributed by atoms with Crippen molar-refractivity contribution >= 4 is 50.4 Å². The average molecular weight is 407 g/mol. The fraction of sp³-hybridized carbons (Fsp3) is 0.0625. The second-order valence-electron chi connectivity index (χ2n) is 5.29. The lowest BCUT2D eigenvalue weighted by atomic mass is 10.2. The van der Waals surface area contributed by atoms with Crippen LogP contribution in [-0.2, 0) is 10.0 Å². The third-order valence-corrected chi connectivity index (χ3v) is 5.80. The summed E-state index contributed by atoms with van der Waals surface area (Å²) in [5.74, 6) is 0. The highest BCUT2D eigenvalue weighted by Crippen LogP contribution is 2.27. The number of aryl methyl sites for hydroxylation is 1. The Morgan fingerprint density at radius 3 is 2.38 bits per heavy atom. The fourth-order valence-corrected chi connectivity index (χ4v) is 3.98. The van der Waals surface area contributed by atoms with E-state index in [0.29, 0.717) is 9.64 Å². The number of carbonyl (C=O) groups excluding carboxylic acids is 1. The van der Waals surface area contributed by atoms with Crippen LogP contribution in [0.5, 0.6) is 0 Å². The lowest BCUT2D eigenvalue weighted by molar-refractivity contribution is 0.253. The third kappa shape index (κ3) is 3.98. The van der Waals surface area contributed by atoms with E-state index in [2.05, 4.69) is 14.9 Å². The molecule has 3 aromatic rings. The van der Waals surface area contributed by atoms with E-state index < -0.39 is 16.1 Å². The van der Waals surface area contributed by atoms with Crippen LogP contribution >= 0.6 is 23.6 Å². The smallest absolute Gasteiger partial charge is 0.256 e. The molecule has 0 aliphatic rings. The SMILES string of the molecule is Cc1ccc(S(=O)(=O)NC(=O)N(c2ccccc2)c2n[nH]c(=S)s2)cc1. The van der Waals surface area contributed by atoms with Crippen molar-refractivity contribution in [3.05, 3.63) is 64.1 Å². The van der Waals surface area contributed by atoms with Crippen LogP contribution in [0, 0.1) is 10.9 Å². The summed E-state index contributed by atoms with van der Waals surface area (Å²) in [6.45, 7) is 1.84. The van der Waals surface area contributed by atoms with Gasteiger partial charge in [-0.3, -0.25) is 5.10 Å². The maximum absolute atomic E-state index is 12.8. The molecule has 26 heavy (non-hydrogen) atoms. The van der Waals surface area contributed by atoms with Gasteiger partial charge in [-0.2, -0.15) is 0 Å². The van der Waals surface area contributed by atoms with E-state index in [1.807, 2.05) is 6.92 Å². The number of anilines is 2. The zero-order valence-electron chi connectivity index (χ0n) is 13.5. The minimum Gasteiger partial charge on any atom is -0.256 e. The summed E-state index contributed by atoms with van der Waals surface area (Å²) in [6.07, 6.45) is 0. The lowest BCUT2D eigenvalue weighted by Crippen LogP contribution is -2.40. The van der Waals surface area contributed by atoms with Gasteiger partial charge in [-0.05, 0) is 43.4 Å². The molecule has 0 saturated heterocycles. The number of rotatable bonds is 4. The van der Waals surface area contributed by atoms with Gasteiger partial charge < -0.3 is 0 Å². The molecule has 3 rings (SSSR count). The Labute approximate surface area is 159 Å². The van der Waals surface area contributed by atoms with Crippen molar-refractivity contribution in [3.8, 4) is 0 Å². The third-order valence-electron chi connectivity index (χ3n) is 3.39. The Bertz CT molecular complexity index is 1070. The monoisotopic (exact) mass is 406 g/mol. The number of urea groups is 1. The van der Waals surface area contributed by atoms with E-state index in [0.717, 1.165) is 21.8 Å². The van der Waals surface area contributed by atoms with Gasteiger partial charge in [-0.1, -0.05) is 47.2 Å². The van der Waals surface area contributed by atoms with E-state index in [9.17, 15) is 13.2 Å². The highest BCUT2D eigenvalue weighted by atomic mass is 32.2. The molecule has 0 unspecified atom stereocenters. The second kappa shape index (κ2) is 7.36. The molecule has 2 aromatic carbocycles. The number of para-hydroxylation sites is 1. The molecule has 0 aliphatic heterocycles. The Morgan fingerprint density at radius 1 is 1.15 bits per heavy atom. The average Bonchev–Trinajstić information content (AvgIpc) is 3.02. The lowest BCUT2D eigenvalue weighted by Gasteiger charge is -2.20. The normalized spacial score (nSPS) is 11.1. The number of amides is 2. The molecule has 0 spiro atoms. The van der Waals surface area contributed by atoms with Crippen LogP contribution in [-0.4, -0.2) is 24.6 Å². The Morgan fingerprint density at radius 2 is 1.81 bits per heavy atom. The number of hydrogen-bond donors (Lipinski definition) is 2. The summed E-state index contributed by atoms with van der Waals surface area (Å²) < 4.78 is 27.5. The van der Waals surface area contributed by atoms with Crippen molar-refractivity contribution < 1.29 is 13.2 Å². The van der Waals surface area contributed by atoms with Gasteiger partial charge in [0, 0.05) is 0 Å². The number of hydrogen-bond acceptors (Lipinski definition) is 6. The minimum atomic E-state index is -4.03. The second-order valence-corrected chi connectivity index (χ2v) is 8.62. The van der Waals surface area contributed by atoms with Gasteiger partial charge in [0.05, 0.1) is 10.6 Å². The molecule has 10 heteroatoms. The number of H-pyrrole nitrogens is 1. The van der Waals surface area contributed by atoms with Crippen LogP contribution in [0.2, 0.25) is 0 Å². The summed E-state index contributed by atoms with van der Waals surface area (Å²) in [4.78, 5) is 13.9.